The van der Waals surface area contributed by atoms with E-state index >= 15 is 0 Å². The predicted molar refractivity (Wildman–Crippen MR) is 93.7 cm³/mol. The van der Waals surface area contributed by atoms with Crippen LogP contribution in [0.5, 0.6) is 0 Å². The molecule has 0 aromatic heterocycles. The van der Waals surface area contributed by atoms with Crippen LogP contribution in [0.2, 0.25) is 0 Å². The lowest BCUT2D eigenvalue weighted by Crippen LogP contribution is -2.34. The molecule has 1 atom stereocenters. The van der Waals surface area contributed by atoms with E-state index < -0.39 is 12.1 Å². The van der Waals surface area contributed by atoms with Gasteiger partial charge in [0.15, 0.2) is 0 Å². The van der Waals surface area contributed by atoms with E-state index in [2.05, 4.69) is 10.6 Å². The van der Waals surface area contributed by atoms with Gasteiger partial charge in [-0.25, -0.2) is 4.79 Å². The highest BCUT2D eigenvalue weighted by atomic mass is 16.5. The van der Waals surface area contributed by atoms with E-state index in [0.29, 0.717) is 11.3 Å². The summed E-state index contributed by atoms with van der Waals surface area (Å²) >= 11 is 0. The number of carbonyl (C=O) groups is 2. The average Bonchev–Trinajstić information content (AvgIpc) is 2.62. The van der Waals surface area contributed by atoms with Crippen LogP contribution in [0.25, 0.3) is 0 Å². The monoisotopic (exact) mass is 337 g/mol. The predicted octanol–water partition coefficient (Wildman–Crippen LogP) is 3.37. The summed E-state index contributed by atoms with van der Waals surface area (Å²) in [5, 5.41) is 14.4. The number of amides is 2. The average molecular weight is 337 g/mol. The third kappa shape index (κ3) is 5.66. The maximum atomic E-state index is 12.3. The molecule has 0 fully saturated rings. The third-order valence-electron chi connectivity index (χ3n) is 3.43. The van der Waals surface area contributed by atoms with Crippen molar-refractivity contribution in [2.45, 2.75) is 19.4 Å². The first-order chi connectivity index (χ1) is 12.1. The lowest BCUT2D eigenvalue weighted by Gasteiger charge is -2.19. The molecule has 0 heterocycles. The Labute approximate surface area is 146 Å². The first-order valence-electron chi connectivity index (χ1n) is 7.90. The minimum Gasteiger partial charge on any atom is -0.466 e. The standard InChI is InChI=1S/C19H19N3O3/c1-2-25-18(23)12-17(15-8-4-3-5-9-15)22-19(24)21-16-10-6-7-14(11-16)13-20/h3-11,17H,2,12H2,1H3,(H2,21,22,24). The Hall–Kier alpha value is -3.33. The second-order valence-corrected chi connectivity index (χ2v) is 5.26. The molecule has 2 rings (SSSR count). The SMILES string of the molecule is CCOC(=O)CC(NC(=O)Nc1cccc(C#N)c1)c1ccccc1. The van der Waals surface area contributed by atoms with Crippen LogP contribution in [0.4, 0.5) is 10.5 Å². The van der Waals surface area contributed by atoms with E-state index in [1.54, 1.807) is 31.2 Å². The summed E-state index contributed by atoms with van der Waals surface area (Å²) in [5.74, 6) is -0.386. The van der Waals surface area contributed by atoms with Crippen molar-refractivity contribution in [1.29, 1.82) is 5.26 Å². The molecule has 0 aliphatic carbocycles. The number of urea groups is 1. The summed E-state index contributed by atoms with van der Waals surface area (Å²) in [6.07, 6.45) is 0.0313. The number of nitrogens with one attached hydrogen (secondary N) is 2. The van der Waals surface area contributed by atoms with Gasteiger partial charge in [0.2, 0.25) is 0 Å². The van der Waals surface area contributed by atoms with Crippen LogP contribution in [-0.2, 0) is 9.53 Å². The van der Waals surface area contributed by atoms with Crippen LogP contribution in [0.15, 0.2) is 54.6 Å². The fourth-order valence-corrected chi connectivity index (χ4v) is 2.32. The summed E-state index contributed by atoms with van der Waals surface area (Å²) in [5.41, 5.74) is 1.75. The topological polar surface area (TPSA) is 91.2 Å². The lowest BCUT2D eigenvalue weighted by molar-refractivity contribution is -0.143. The number of hydrogen-bond acceptors (Lipinski definition) is 4. The molecular formula is C19H19N3O3. The Kier molecular flexibility index (Phi) is 6.55. The number of nitrogens with zero attached hydrogens (tertiary/aromatic N) is 1. The van der Waals surface area contributed by atoms with Gasteiger partial charge < -0.3 is 15.4 Å². The second-order valence-electron chi connectivity index (χ2n) is 5.26. The number of rotatable bonds is 6. The summed E-state index contributed by atoms with van der Waals surface area (Å²) in [6.45, 7) is 2.02. The molecule has 0 aliphatic heterocycles. The van der Waals surface area contributed by atoms with E-state index in [1.165, 1.54) is 0 Å². The first-order valence-corrected chi connectivity index (χ1v) is 7.90. The molecule has 2 amide bonds. The van der Waals surface area contributed by atoms with Gasteiger partial charge in [-0.05, 0) is 30.7 Å². The number of carbonyl (C=O) groups excluding carboxylic acids is 2. The van der Waals surface area contributed by atoms with E-state index in [9.17, 15) is 9.59 Å². The molecule has 2 aromatic rings. The van der Waals surface area contributed by atoms with Crippen molar-refractivity contribution >= 4 is 17.7 Å². The van der Waals surface area contributed by atoms with Crippen LogP contribution in [0, 0.1) is 11.3 Å². The Balaban J connectivity index is 2.08. The van der Waals surface area contributed by atoms with Gasteiger partial charge in [0.1, 0.15) is 0 Å². The van der Waals surface area contributed by atoms with E-state index in [-0.39, 0.29) is 19.0 Å². The van der Waals surface area contributed by atoms with E-state index in [1.807, 2.05) is 36.4 Å². The first kappa shape index (κ1) is 18.0. The molecule has 0 bridgehead atoms. The normalized spacial score (nSPS) is 11.0. The maximum Gasteiger partial charge on any atom is 0.319 e. The number of benzene rings is 2. The van der Waals surface area contributed by atoms with Gasteiger partial charge in [0.25, 0.3) is 0 Å². The van der Waals surface area contributed by atoms with Gasteiger partial charge in [-0.2, -0.15) is 5.26 Å². The molecular weight excluding hydrogens is 318 g/mol. The molecule has 0 spiro atoms. The fraction of sp³-hybridized carbons (Fsp3) is 0.211. The highest BCUT2D eigenvalue weighted by molar-refractivity contribution is 5.90. The van der Waals surface area contributed by atoms with Crippen LogP contribution >= 0.6 is 0 Å². The minimum absolute atomic E-state index is 0.0313. The number of hydrogen-bond donors (Lipinski definition) is 2. The quantitative estimate of drug-likeness (QED) is 0.791. The molecule has 0 radical (unpaired) electrons. The molecule has 0 saturated carbocycles. The van der Waals surface area contributed by atoms with Crippen molar-refractivity contribution in [3.8, 4) is 6.07 Å². The van der Waals surface area contributed by atoms with E-state index in [0.717, 1.165) is 5.56 Å². The summed E-state index contributed by atoms with van der Waals surface area (Å²) in [7, 11) is 0. The van der Waals surface area contributed by atoms with Crippen molar-refractivity contribution in [1.82, 2.24) is 5.32 Å². The highest BCUT2D eigenvalue weighted by Crippen LogP contribution is 2.18. The van der Waals surface area contributed by atoms with Gasteiger partial charge in [0.05, 0.1) is 30.7 Å². The Morgan fingerprint density at radius 2 is 1.92 bits per heavy atom. The van der Waals surface area contributed by atoms with Crippen LogP contribution in [0.3, 0.4) is 0 Å². The minimum atomic E-state index is -0.514. The fourth-order valence-electron chi connectivity index (χ4n) is 2.32. The van der Waals surface area contributed by atoms with Crippen molar-refractivity contribution in [2.24, 2.45) is 0 Å². The summed E-state index contributed by atoms with van der Waals surface area (Å²) < 4.78 is 4.98. The summed E-state index contributed by atoms with van der Waals surface area (Å²) in [6, 6.07) is 16.8. The van der Waals surface area contributed by atoms with Gasteiger partial charge in [0, 0.05) is 5.69 Å². The highest BCUT2D eigenvalue weighted by Gasteiger charge is 2.19. The molecule has 25 heavy (non-hydrogen) atoms. The smallest absolute Gasteiger partial charge is 0.319 e. The van der Waals surface area contributed by atoms with Crippen molar-refractivity contribution < 1.29 is 14.3 Å². The number of anilines is 1. The lowest BCUT2D eigenvalue weighted by atomic mass is 10.0. The molecule has 128 valence electrons. The zero-order chi connectivity index (χ0) is 18.1. The van der Waals surface area contributed by atoms with Crippen LogP contribution < -0.4 is 10.6 Å². The zero-order valence-electron chi connectivity index (χ0n) is 13.9. The molecule has 1 unspecified atom stereocenters. The number of nitriles is 1. The Morgan fingerprint density at radius 3 is 2.60 bits per heavy atom. The molecule has 2 N–H and O–H groups in total. The van der Waals surface area contributed by atoms with Crippen molar-refractivity contribution in [3.63, 3.8) is 0 Å². The van der Waals surface area contributed by atoms with Crippen LogP contribution in [-0.4, -0.2) is 18.6 Å². The second kappa shape index (κ2) is 9.08. The van der Waals surface area contributed by atoms with Crippen LogP contribution in [0.1, 0.15) is 30.5 Å². The van der Waals surface area contributed by atoms with Crippen molar-refractivity contribution in [2.75, 3.05) is 11.9 Å². The molecule has 6 nitrogen and oxygen atoms in total. The van der Waals surface area contributed by atoms with Crippen molar-refractivity contribution in [3.05, 3.63) is 65.7 Å². The number of ether oxygens (including phenoxy) is 1. The van der Waals surface area contributed by atoms with Gasteiger partial charge in [-0.1, -0.05) is 36.4 Å². The number of esters is 1. The van der Waals surface area contributed by atoms with Gasteiger partial charge >= 0.3 is 12.0 Å². The zero-order valence-corrected chi connectivity index (χ0v) is 13.9. The third-order valence-corrected chi connectivity index (χ3v) is 3.43. The summed E-state index contributed by atoms with van der Waals surface area (Å²) in [4.78, 5) is 24.1. The molecule has 2 aromatic carbocycles. The van der Waals surface area contributed by atoms with E-state index in [4.69, 9.17) is 10.00 Å². The molecule has 6 heteroatoms. The van der Waals surface area contributed by atoms with Gasteiger partial charge in [-0.15, -0.1) is 0 Å². The maximum absolute atomic E-state index is 12.3. The molecule has 0 saturated heterocycles. The largest absolute Gasteiger partial charge is 0.466 e. The van der Waals surface area contributed by atoms with Gasteiger partial charge in [-0.3, -0.25) is 4.79 Å². The Morgan fingerprint density at radius 1 is 1.16 bits per heavy atom. The molecule has 0 aliphatic rings. The Bertz CT molecular complexity index is 769.